The Kier molecular flexibility index (Phi) is 14.7. The number of aliphatic hydroxyl groups excluding tert-OH is 2. The summed E-state index contributed by atoms with van der Waals surface area (Å²) in [4.78, 5) is 14.0. The summed E-state index contributed by atoms with van der Waals surface area (Å²) in [6.07, 6.45) is -4.70. The van der Waals surface area contributed by atoms with Crippen LogP contribution in [0.2, 0.25) is 0 Å². The number of nitriles is 1. The fraction of sp³-hybridized carbons (Fsp3) is 0.944. The Labute approximate surface area is 287 Å². The Hall–Kier alpha value is -1.40. The molecule has 0 aliphatic carbocycles. The molecule has 3 aliphatic heterocycles. The van der Waals surface area contributed by atoms with Crippen LogP contribution in [0.4, 0.5) is 0 Å². The smallest absolute Gasteiger partial charge is 0.311 e. The average molecular weight is 685 g/mol. The minimum atomic E-state index is -1.77. The number of hydrogen-bond acceptors (Lipinski definition) is 12. The summed E-state index contributed by atoms with van der Waals surface area (Å²) < 4.78 is 31.5. The maximum Gasteiger partial charge on any atom is 0.311 e. The van der Waals surface area contributed by atoms with Gasteiger partial charge in [-0.2, -0.15) is 5.26 Å². The van der Waals surface area contributed by atoms with Crippen molar-refractivity contribution in [2.45, 2.75) is 180 Å². The molecule has 2 unspecified atom stereocenters. The second-order valence-electron chi connectivity index (χ2n) is 15.6. The van der Waals surface area contributed by atoms with E-state index in [1.807, 2.05) is 27.7 Å². The SMILES string of the molecule is CC[C@H]1OC(=O)[C@H](C)[C@@H](O[C@H]2CC(C)C(CC#N)[C@H](C)O2)[C@H](C)[C@@H](O[C@@H]2O[C@H](C)CC[C@H]2O)[C@](C)(O)C[C@@H](C)CN[C@H](C)[C@@H](O)[C@]1(C)O. The zero-order chi connectivity index (χ0) is 36.1. The summed E-state index contributed by atoms with van der Waals surface area (Å²) in [6, 6.07) is 1.69. The van der Waals surface area contributed by atoms with E-state index in [4.69, 9.17) is 23.7 Å². The molecule has 0 radical (unpaired) electrons. The predicted octanol–water partition coefficient (Wildman–Crippen LogP) is 3.42. The van der Waals surface area contributed by atoms with Crippen molar-refractivity contribution in [1.82, 2.24) is 5.32 Å². The van der Waals surface area contributed by atoms with Crippen LogP contribution in [0.25, 0.3) is 0 Å². The molecule has 0 aromatic heterocycles. The van der Waals surface area contributed by atoms with Gasteiger partial charge in [0.2, 0.25) is 0 Å². The van der Waals surface area contributed by atoms with E-state index in [-0.39, 0.29) is 42.8 Å². The first kappa shape index (κ1) is 41.0. The van der Waals surface area contributed by atoms with Crippen LogP contribution in [0.1, 0.15) is 108 Å². The number of carbonyl (C=O) groups is 1. The van der Waals surface area contributed by atoms with Gasteiger partial charge >= 0.3 is 5.97 Å². The third-order valence-electron chi connectivity index (χ3n) is 11.1. The Morgan fingerprint density at radius 3 is 2.29 bits per heavy atom. The van der Waals surface area contributed by atoms with Gasteiger partial charge in [0.05, 0.1) is 42.0 Å². The third kappa shape index (κ3) is 9.89. The van der Waals surface area contributed by atoms with Crippen molar-refractivity contribution in [3.8, 4) is 6.07 Å². The zero-order valence-corrected chi connectivity index (χ0v) is 30.8. The Morgan fingerprint density at radius 1 is 1.02 bits per heavy atom. The summed E-state index contributed by atoms with van der Waals surface area (Å²) in [7, 11) is 0. The quantitative estimate of drug-likeness (QED) is 0.258. The lowest BCUT2D eigenvalue weighted by Gasteiger charge is -2.46. The van der Waals surface area contributed by atoms with Crippen molar-refractivity contribution < 1.29 is 48.9 Å². The monoisotopic (exact) mass is 684 g/mol. The van der Waals surface area contributed by atoms with Gasteiger partial charge in [0, 0.05) is 30.7 Å². The number of esters is 1. The first-order valence-corrected chi connectivity index (χ1v) is 18.1. The van der Waals surface area contributed by atoms with E-state index >= 15 is 0 Å². The van der Waals surface area contributed by atoms with E-state index in [1.54, 1.807) is 27.7 Å². The fourth-order valence-electron chi connectivity index (χ4n) is 8.06. The minimum absolute atomic E-state index is 0.0304. The molecule has 3 heterocycles. The van der Waals surface area contributed by atoms with Crippen molar-refractivity contribution in [3.63, 3.8) is 0 Å². The molecular weight excluding hydrogens is 620 g/mol. The van der Waals surface area contributed by atoms with Crippen LogP contribution in [0.15, 0.2) is 0 Å². The van der Waals surface area contributed by atoms with Crippen LogP contribution in [0.3, 0.4) is 0 Å². The Morgan fingerprint density at radius 2 is 1.69 bits per heavy atom. The number of carbonyl (C=O) groups excluding carboxylic acids is 1. The second kappa shape index (κ2) is 17.2. The predicted molar refractivity (Wildman–Crippen MR) is 178 cm³/mol. The molecule has 0 spiro atoms. The van der Waals surface area contributed by atoms with Crippen LogP contribution in [0.5, 0.6) is 0 Å². The Bertz CT molecular complexity index is 1060. The topological polar surface area (TPSA) is 180 Å². The number of rotatable bonds is 6. The van der Waals surface area contributed by atoms with Gasteiger partial charge in [-0.15, -0.1) is 0 Å². The molecule has 5 N–H and O–H groups in total. The first-order chi connectivity index (χ1) is 22.3. The maximum absolute atomic E-state index is 14.0. The summed E-state index contributed by atoms with van der Waals surface area (Å²) in [6.45, 7) is 18.5. The van der Waals surface area contributed by atoms with E-state index in [0.717, 1.165) is 0 Å². The number of nitrogens with one attached hydrogen (secondary N) is 1. The molecule has 0 saturated carbocycles. The van der Waals surface area contributed by atoms with Crippen LogP contribution in [-0.2, 0) is 28.5 Å². The normalized spacial score (nSPS) is 48.9. The summed E-state index contributed by atoms with van der Waals surface area (Å²) in [5, 5.41) is 58.6. The molecule has 0 bridgehead atoms. The standard InChI is InChI=1S/C36H64N2O10/c1-11-28-36(10,43)31(40)24(7)38-18-19(2)17-35(9,42)32(48-34-27(39)13-12-21(4)44-34)22(5)30(23(6)33(41)46-28)47-29-16-20(3)26(14-15-37)25(8)45-29/h19-32,34,38-40,42-43H,11-14,16-18H2,1-10H3/t19-,20?,21-,22+,23-,24-,25+,26?,27-,28-,29+,30+,31-,32-,34+,35-,36-/m1/s1. The lowest BCUT2D eigenvalue weighted by atomic mass is 9.77. The van der Waals surface area contributed by atoms with Gasteiger partial charge < -0.3 is 49.4 Å². The van der Waals surface area contributed by atoms with E-state index in [2.05, 4.69) is 18.3 Å². The molecule has 12 nitrogen and oxygen atoms in total. The molecule has 12 heteroatoms. The van der Waals surface area contributed by atoms with Crippen molar-refractivity contribution in [2.75, 3.05) is 6.54 Å². The highest BCUT2D eigenvalue weighted by molar-refractivity contribution is 5.73. The first-order valence-electron chi connectivity index (χ1n) is 18.1. The summed E-state index contributed by atoms with van der Waals surface area (Å²) >= 11 is 0. The van der Waals surface area contributed by atoms with Crippen LogP contribution >= 0.6 is 0 Å². The highest BCUT2D eigenvalue weighted by Gasteiger charge is 2.50. The fourth-order valence-corrected chi connectivity index (χ4v) is 8.06. The van der Waals surface area contributed by atoms with Gasteiger partial charge in [-0.05, 0) is 85.6 Å². The van der Waals surface area contributed by atoms with E-state index in [1.165, 1.54) is 6.92 Å². The number of hydrogen-bond donors (Lipinski definition) is 5. The molecule has 0 aromatic rings. The van der Waals surface area contributed by atoms with Crippen molar-refractivity contribution in [2.24, 2.45) is 29.6 Å². The van der Waals surface area contributed by atoms with Gasteiger partial charge in [0.1, 0.15) is 23.9 Å². The van der Waals surface area contributed by atoms with Gasteiger partial charge in [0.15, 0.2) is 12.6 Å². The van der Waals surface area contributed by atoms with E-state index < -0.39 is 78.1 Å². The molecule has 48 heavy (non-hydrogen) atoms. The number of ether oxygens (including phenoxy) is 5. The van der Waals surface area contributed by atoms with Crippen molar-refractivity contribution in [1.29, 1.82) is 5.26 Å². The maximum atomic E-state index is 14.0. The second-order valence-corrected chi connectivity index (χ2v) is 15.6. The van der Waals surface area contributed by atoms with E-state index in [9.17, 15) is 30.5 Å². The van der Waals surface area contributed by atoms with Gasteiger partial charge in [0.25, 0.3) is 0 Å². The zero-order valence-electron chi connectivity index (χ0n) is 30.8. The Balaban J connectivity index is 2.08. The molecule has 3 saturated heterocycles. The van der Waals surface area contributed by atoms with Crippen LogP contribution < -0.4 is 5.32 Å². The summed E-state index contributed by atoms with van der Waals surface area (Å²) in [5.74, 6) is -2.20. The molecule has 278 valence electrons. The molecule has 3 rings (SSSR count). The van der Waals surface area contributed by atoms with Gasteiger partial charge in [-0.3, -0.25) is 4.79 Å². The highest BCUT2D eigenvalue weighted by atomic mass is 16.7. The molecule has 17 atom stereocenters. The minimum Gasteiger partial charge on any atom is -0.459 e. The largest absolute Gasteiger partial charge is 0.459 e. The van der Waals surface area contributed by atoms with Crippen LogP contribution in [0, 0.1) is 40.9 Å². The van der Waals surface area contributed by atoms with E-state index in [0.29, 0.717) is 32.2 Å². The molecule has 0 amide bonds. The number of aliphatic hydroxyl groups is 4. The van der Waals surface area contributed by atoms with Crippen LogP contribution in [-0.4, -0.2) is 105 Å². The highest BCUT2D eigenvalue weighted by Crippen LogP contribution is 2.39. The molecular formula is C36H64N2O10. The lowest BCUT2D eigenvalue weighted by molar-refractivity contribution is -0.301. The number of cyclic esters (lactones) is 1. The number of nitrogens with zero attached hydrogens (tertiary/aromatic N) is 1. The molecule has 3 fully saturated rings. The van der Waals surface area contributed by atoms with Gasteiger partial charge in [-0.25, -0.2) is 0 Å². The lowest BCUT2D eigenvalue weighted by Crippen LogP contribution is -2.58. The molecule has 3 aliphatic rings. The van der Waals surface area contributed by atoms with Gasteiger partial charge in [-0.1, -0.05) is 27.7 Å². The van der Waals surface area contributed by atoms with Crippen molar-refractivity contribution in [3.05, 3.63) is 0 Å². The third-order valence-corrected chi connectivity index (χ3v) is 11.1. The van der Waals surface area contributed by atoms with Crippen molar-refractivity contribution >= 4 is 5.97 Å². The summed E-state index contributed by atoms with van der Waals surface area (Å²) in [5.41, 5.74) is -3.25. The molecule has 0 aromatic carbocycles. The average Bonchev–Trinajstić information content (AvgIpc) is 3.01.